The maximum Gasteiger partial charge on any atom is 0.224 e. The molecule has 3 unspecified atom stereocenters. The van der Waals surface area contributed by atoms with E-state index in [0.717, 1.165) is 25.9 Å². The van der Waals surface area contributed by atoms with Crippen molar-refractivity contribution in [3.63, 3.8) is 0 Å². The summed E-state index contributed by atoms with van der Waals surface area (Å²) in [5.41, 5.74) is 5.50. The molecule has 1 fully saturated rings. The summed E-state index contributed by atoms with van der Waals surface area (Å²) in [5, 5.41) is 9.37. The molecule has 0 aromatic rings. The number of carbonyl (C=O) groups is 1. The summed E-state index contributed by atoms with van der Waals surface area (Å²) >= 11 is 0. The third-order valence-corrected chi connectivity index (χ3v) is 3.52. The van der Waals surface area contributed by atoms with E-state index in [1.807, 2.05) is 21.1 Å². The Balaban J connectivity index is 2.25. The minimum Gasteiger partial charge on any atom is -0.356 e. The summed E-state index contributed by atoms with van der Waals surface area (Å²) < 4.78 is 0. The molecule has 6 heteroatoms. The average Bonchev–Trinajstić information content (AvgIpc) is 2.30. The fourth-order valence-corrected chi connectivity index (χ4v) is 2.38. The Morgan fingerprint density at radius 2 is 2.17 bits per heavy atom. The van der Waals surface area contributed by atoms with E-state index in [1.54, 1.807) is 0 Å². The van der Waals surface area contributed by atoms with Crippen LogP contribution in [0.5, 0.6) is 0 Å². The van der Waals surface area contributed by atoms with Gasteiger partial charge in [0, 0.05) is 25.3 Å². The molecule has 0 heterocycles. The molecule has 1 saturated carbocycles. The van der Waals surface area contributed by atoms with Crippen molar-refractivity contribution >= 4 is 5.91 Å². The molecule has 6 nitrogen and oxygen atoms in total. The van der Waals surface area contributed by atoms with Crippen LogP contribution in [0.15, 0.2) is 0 Å². The Morgan fingerprint density at radius 3 is 2.72 bits per heavy atom. The molecular weight excluding hydrogens is 230 g/mol. The molecule has 0 aromatic heterocycles. The zero-order valence-electron chi connectivity index (χ0n) is 11.7. The topological polar surface area (TPSA) is 82.4 Å². The molecule has 106 valence electrons. The van der Waals surface area contributed by atoms with Gasteiger partial charge in [-0.3, -0.25) is 10.1 Å². The van der Waals surface area contributed by atoms with E-state index in [1.165, 1.54) is 0 Å². The number of carbonyl (C=O) groups excluding carboxylic acids is 1. The van der Waals surface area contributed by atoms with Gasteiger partial charge >= 0.3 is 0 Å². The van der Waals surface area contributed by atoms with Gasteiger partial charge in [-0.25, -0.2) is 0 Å². The van der Waals surface area contributed by atoms with Crippen molar-refractivity contribution in [2.24, 2.45) is 11.7 Å². The first-order valence-electron chi connectivity index (χ1n) is 6.63. The number of hydrogen-bond acceptors (Lipinski definition) is 5. The van der Waals surface area contributed by atoms with E-state index in [2.05, 4.69) is 20.9 Å². The summed E-state index contributed by atoms with van der Waals surface area (Å²) in [6, 6.07) is 0.514. The van der Waals surface area contributed by atoms with E-state index in [9.17, 15) is 4.79 Å². The van der Waals surface area contributed by atoms with E-state index in [0.29, 0.717) is 12.7 Å². The van der Waals surface area contributed by atoms with Gasteiger partial charge in [-0.2, -0.15) is 0 Å². The lowest BCUT2D eigenvalue weighted by atomic mass is 9.74. The Bertz CT molecular complexity index is 259. The summed E-state index contributed by atoms with van der Waals surface area (Å²) in [5.74, 6) is 0.191. The van der Waals surface area contributed by atoms with Gasteiger partial charge in [0.25, 0.3) is 0 Å². The smallest absolute Gasteiger partial charge is 0.224 e. The molecule has 1 amide bonds. The second-order valence-electron chi connectivity index (χ2n) is 5.12. The van der Waals surface area contributed by atoms with Crippen LogP contribution in [0.25, 0.3) is 0 Å². The third kappa shape index (κ3) is 4.20. The van der Waals surface area contributed by atoms with Crippen LogP contribution in [0, 0.1) is 5.92 Å². The van der Waals surface area contributed by atoms with Gasteiger partial charge in [0.2, 0.25) is 5.91 Å². The monoisotopic (exact) mass is 257 g/mol. The van der Waals surface area contributed by atoms with Crippen LogP contribution < -0.4 is 21.7 Å². The molecular formula is C12H27N5O. The summed E-state index contributed by atoms with van der Waals surface area (Å²) in [6.45, 7) is 2.15. The summed E-state index contributed by atoms with van der Waals surface area (Å²) in [7, 11) is 5.99. The average molecular weight is 257 g/mol. The number of rotatable bonds is 8. The van der Waals surface area contributed by atoms with Crippen molar-refractivity contribution < 1.29 is 4.79 Å². The molecule has 1 aliphatic carbocycles. The highest BCUT2D eigenvalue weighted by Crippen LogP contribution is 2.27. The van der Waals surface area contributed by atoms with Gasteiger partial charge < -0.3 is 21.3 Å². The molecule has 1 rings (SSSR count). The van der Waals surface area contributed by atoms with E-state index >= 15 is 0 Å². The van der Waals surface area contributed by atoms with Crippen LogP contribution >= 0.6 is 0 Å². The van der Waals surface area contributed by atoms with Gasteiger partial charge in [0.15, 0.2) is 0 Å². The van der Waals surface area contributed by atoms with Crippen LogP contribution in [-0.2, 0) is 4.79 Å². The molecule has 0 bridgehead atoms. The summed E-state index contributed by atoms with van der Waals surface area (Å²) in [6.07, 6.45) is 1.86. The first-order valence-corrected chi connectivity index (χ1v) is 6.63. The first-order chi connectivity index (χ1) is 8.60. The normalized spacial score (nSPS) is 27.1. The van der Waals surface area contributed by atoms with Gasteiger partial charge in [-0.15, -0.1) is 0 Å². The number of likely N-dealkylation sites (N-methyl/N-ethyl adjacent to an activating group) is 1. The molecule has 0 aromatic carbocycles. The molecule has 0 spiro atoms. The number of nitrogens with zero attached hydrogens (tertiary/aromatic N) is 1. The highest BCUT2D eigenvalue weighted by Gasteiger charge is 2.43. The lowest BCUT2D eigenvalue weighted by Crippen LogP contribution is -2.65. The lowest BCUT2D eigenvalue weighted by Gasteiger charge is -2.44. The van der Waals surface area contributed by atoms with E-state index in [4.69, 9.17) is 5.73 Å². The minimum atomic E-state index is 0.0466. The Morgan fingerprint density at radius 1 is 1.44 bits per heavy atom. The molecule has 1 aliphatic rings. The standard InChI is InChI=1S/C12H27N5O/c1-14-10-7-9(11(10)16-8-13)12(18)15-5-4-6-17(2)3/h9-11,14,16H,4-8,13H2,1-3H3,(H,15,18). The lowest BCUT2D eigenvalue weighted by molar-refractivity contribution is -0.129. The zero-order chi connectivity index (χ0) is 13.5. The molecule has 0 radical (unpaired) electrons. The Hall–Kier alpha value is -0.690. The number of hydrogen-bond donors (Lipinski definition) is 4. The summed E-state index contributed by atoms with van der Waals surface area (Å²) in [4.78, 5) is 14.1. The van der Waals surface area contributed by atoms with E-state index < -0.39 is 0 Å². The second-order valence-corrected chi connectivity index (χ2v) is 5.12. The maximum absolute atomic E-state index is 12.0. The van der Waals surface area contributed by atoms with Crippen LogP contribution in [-0.4, -0.2) is 63.8 Å². The highest BCUT2D eigenvalue weighted by molar-refractivity contribution is 5.80. The maximum atomic E-state index is 12.0. The quantitative estimate of drug-likeness (QED) is 0.315. The third-order valence-electron chi connectivity index (χ3n) is 3.52. The van der Waals surface area contributed by atoms with Crippen LogP contribution in [0.3, 0.4) is 0 Å². The Kier molecular flexibility index (Phi) is 6.56. The predicted molar refractivity (Wildman–Crippen MR) is 73.1 cm³/mol. The fraction of sp³-hybridized carbons (Fsp3) is 0.917. The van der Waals surface area contributed by atoms with Crippen LogP contribution in [0.1, 0.15) is 12.8 Å². The fourth-order valence-electron chi connectivity index (χ4n) is 2.38. The second kappa shape index (κ2) is 7.68. The van der Waals surface area contributed by atoms with Gasteiger partial charge in [0.05, 0.1) is 5.92 Å². The number of amides is 1. The van der Waals surface area contributed by atoms with Crippen molar-refractivity contribution in [1.82, 2.24) is 20.9 Å². The van der Waals surface area contributed by atoms with Gasteiger partial charge in [0.1, 0.15) is 0 Å². The van der Waals surface area contributed by atoms with Crippen molar-refractivity contribution in [3.8, 4) is 0 Å². The largest absolute Gasteiger partial charge is 0.356 e. The van der Waals surface area contributed by atoms with Gasteiger partial charge in [-0.1, -0.05) is 0 Å². The SMILES string of the molecule is CNC1CC(C(=O)NCCCN(C)C)C1NCN. The van der Waals surface area contributed by atoms with Crippen molar-refractivity contribution in [2.45, 2.75) is 24.9 Å². The number of nitrogens with one attached hydrogen (secondary N) is 3. The highest BCUT2D eigenvalue weighted by atomic mass is 16.2. The predicted octanol–water partition coefficient (Wildman–Crippen LogP) is -1.46. The van der Waals surface area contributed by atoms with E-state index in [-0.39, 0.29) is 17.9 Å². The molecule has 3 atom stereocenters. The molecule has 18 heavy (non-hydrogen) atoms. The minimum absolute atomic E-state index is 0.0466. The van der Waals surface area contributed by atoms with Crippen LogP contribution in [0.4, 0.5) is 0 Å². The van der Waals surface area contributed by atoms with Gasteiger partial charge in [-0.05, 0) is 40.5 Å². The molecule has 5 N–H and O–H groups in total. The van der Waals surface area contributed by atoms with Crippen molar-refractivity contribution in [2.75, 3.05) is 40.9 Å². The van der Waals surface area contributed by atoms with Crippen LogP contribution in [0.2, 0.25) is 0 Å². The number of nitrogens with two attached hydrogens (primary N) is 1. The zero-order valence-corrected chi connectivity index (χ0v) is 11.7. The molecule has 0 saturated heterocycles. The first kappa shape index (κ1) is 15.4. The molecule has 0 aliphatic heterocycles. The van der Waals surface area contributed by atoms with Crippen molar-refractivity contribution in [3.05, 3.63) is 0 Å². The van der Waals surface area contributed by atoms with Crippen molar-refractivity contribution in [1.29, 1.82) is 0 Å². The Labute approximate surface area is 110 Å².